The van der Waals surface area contributed by atoms with Crippen molar-refractivity contribution in [2.24, 2.45) is 11.8 Å². The van der Waals surface area contributed by atoms with Crippen molar-refractivity contribution in [1.82, 2.24) is 5.32 Å². The molecule has 20 heavy (non-hydrogen) atoms. The highest BCUT2D eigenvalue weighted by Gasteiger charge is 2.27. The van der Waals surface area contributed by atoms with Crippen LogP contribution >= 0.6 is 27.3 Å². The van der Waals surface area contributed by atoms with Crippen LogP contribution in [0.5, 0.6) is 0 Å². The molecule has 1 aliphatic carbocycles. The monoisotopic (exact) mass is 351 g/mol. The highest BCUT2D eigenvalue weighted by molar-refractivity contribution is 9.10. The van der Waals surface area contributed by atoms with Gasteiger partial charge in [0.1, 0.15) is 0 Å². The number of hydrogen-bond acceptors (Lipinski definition) is 2. The molecule has 0 radical (unpaired) electrons. The molecule has 1 heterocycles. The average molecular weight is 352 g/mol. The molecule has 0 aliphatic heterocycles. The molecule has 1 aromatic carbocycles. The minimum atomic E-state index is 0.505. The number of fused-ring (bicyclic) bond motifs is 1. The lowest BCUT2D eigenvalue weighted by Gasteiger charge is -2.32. The summed E-state index contributed by atoms with van der Waals surface area (Å²) >= 11 is 5.54. The summed E-state index contributed by atoms with van der Waals surface area (Å²) in [6.45, 7) is 2.39. The molecule has 0 saturated heterocycles. The Morgan fingerprint density at radius 2 is 2.00 bits per heavy atom. The van der Waals surface area contributed by atoms with E-state index in [1.807, 2.05) is 11.3 Å². The molecule has 1 saturated carbocycles. The Kier molecular flexibility index (Phi) is 4.49. The topological polar surface area (TPSA) is 12.0 Å². The fourth-order valence-electron chi connectivity index (χ4n) is 3.55. The van der Waals surface area contributed by atoms with Crippen LogP contribution in [-0.4, -0.2) is 7.05 Å². The predicted molar refractivity (Wildman–Crippen MR) is 92.4 cm³/mol. The van der Waals surface area contributed by atoms with Crippen LogP contribution in [-0.2, 0) is 0 Å². The molecule has 1 nitrogen and oxygen atoms in total. The standard InChI is InChI=1S/C17H22BrNS/c1-11-6-8-12(9-7-11)16(19-2)14-10-20-17-13(14)4-3-5-15(17)18/h3-5,10-12,16,19H,6-9H2,1-2H3. The molecule has 1 aromatic heterocycles. The summed E-state index contributed by atoms with van der Waals surface area (Å²) in [5.41, 5.74) is 1.49. The van der Waals surface area contributed by atoms with Crippen LogP contribution in [0.15, 0.2) is 28.1 Å². The summed E-state index contributed by atoms with van der Waals surface area (Å²) < 4.78 is 2.60. The number of hydrogen-bond donors (Lipinski definition) is 1. The fraction of sp³-hybridized carbons (Fsp3) is 0.529. The van der Waals surface area contributed by atoms with Crippen molar-refractivity contribution in [3.63, 3.8) is 0 Å². The van der Waals surface area contributed by atoms with Crippen LogP contribution in [0.25, 0.3) is 10.1 Å². The van der Waals surface area contributed by atoms with E-state index in [1.165, 1.54) is 45.8 Å². The summed E-state index contributed by atoms with van der Waals surface area (Å²) in [5.74, 6) is 1.70. The third-order valence-electron chi connectivity index (χ3n) is 4.76. The van der Waals surface area contributed by atoms with E-state index >= 15 is 0 Å². The van der Waals surface area contributed by atoms with E-state index in [-0.39, 0.29) is 0 Å². The summed E-state index contributed by atoms with van der Waals surface area (Å²) in [5, 5.41) is 7.37. The SMILES string of the molecule is CNC(c1csc2c(Br)cccc12)C1CCC(C)CC1. The van der Waals surface area contributed by atoms with E-state index in [1.54, 1.807) is 0 Å². The van der Waals surface area contributed by atoms with E-state index in [9.17, 15) is 0 Å². The summed E-state index contributed by atoms with van der Waals surface area (Å²) in [6.07, 6.45) is 5.49. The Labute approximate surface area is 133 Å². The van der Waals surface area contributed by atoms with Gasteiger partial charge >= 0.3 is 0 Å². The molecule has 1 N–H and O–H groups in total. The predicted octanol–water partition coefficient (Wildman–Crippen LogP) is 5.75. The molecular weight excluding hydrogens is 330 g/mol. The third-order valence-corrected chi connectivity index (χ3v) is 6.73. The fourth-order valence-corrected chi connectivity index (χ4v) is 5.21. The number of benzene rings is 1. The quantitative estimate of drug-likeness (QED) is 0.742. The smallest absolute Gasteiger partial charge is 0.0488 e. The van der Waals surface area contributed by atoms with Gasteiger partial charge in [0.2, 0.25) is 0 Å². The second-order valence-electron chi connectivity index (χ2n) is 6.09. The Morgan fingerprint density at radius 1 is 1.25 bits per heavy atom. The maximum Gasteiger partial charge on any atom is 0.0488 e. The van der Waals surface area contributed by atoms with Crippen molar-refractivity contribution in [2.45, 2.75) is 38.6 Å². The first-order valence-electron chi connectivity index (χ1n) is 7.53. The van der Waals surface area contributed by atoms with Gasteiger partial charge in [-0.2, -0.15) is 0 Å². The lowest BCUT2D eigenvalue weighted by Crippen LogP contribution is -2.28. The largest absolute Gasteiger partial charge is 0.313 e. The number of rotatable bonds is 3. The number of thiophene rings is 1. The van der Waals surface area contributed by atoms with Gasteiger partial charge in [-0.15, -0.1) is 11.3 Å². The minimum absolute atomic E-state index is 0.505. The molecule has 2 aromatic rings. The second kappa shape index (κ2) is 6.17. The summed E-state index contributed by atoms with van der Waals surface area (Å²) in [7, 11) is 2.12. The zero-order valence-electron chi connectivity index (χ0n) is 12.2. The first-order valence-corrected chi connectivity index (χ1v) is 9.21. The van der Waals surface area contributed by atoms with Crippen molar-refractivity contribution < 1.29 is 0 Å². The van der Waals surface area contributed by atoms with Gasteiger partial charge in [0.05, 0.1) is 0 Å². The Balaban J connectivity index is 1.93. The lowest BCUT2D eigenvalue weighted by atomic mass is 9.77. The van der Waals surface area contributed by atoms with Crippen LogP contribution in [0.1, 0.15) is 44.2 Å². The van der Waals surface area contributed by atoms with E-state index in [2.05, 4.69) is 58.8 Å². The van der Waals surface area contributed by atoms with Gasteiger partial charge in [-0.05, 0) is 70.1 Å². The van der Waals surface area contributed by atoms with Gasteiger partial charge in [-0.1, -0.05) is 31.9 Å². The van der Waals surface area contributed by atoms with Crippen LogP contribution in [0, 0.1) is 11.8 Å². The van der Waals surface area contributed by atoms with Crippen molar-refractivity contribution >= 4 is 37.4 Å². The Morgan fingerprint density at radius 3 is 2.70 bits per heavy atom. The van der Waals surface area contributed by atoms with Crippen molar-refractivity contribution in [3.8, 4) is 0 Å². The Bertz CT molecular complexity index is 584. The highest BCUT2D eigenvalue weighted by atomic mass is 79.9. The van der Waals surface area contributed by atoms with E-state index in [0.29, 0.717) is 6.04 Å². The molecule has 3 heteroatoms. The van der Waals surface area contributed by atoms with Gasteiger partial charge in [0, 0.05) is 15.2 Å². The van der Waals surface area contributed by atoms with Gasteiger partial charge in [0.15, 0.2) is 0 Å². The van der Waals surface area contributed by atoms with Crippen LogP contribution in [0.2, 0.25) is 0 Å². The van der Waals surface area contributed by atoms with Gasteiger partial charge in [-0.25, -0.2) is 0 Å². The van der Waals surface area contributed by atoms with E-state index < -0.39 is 0 Å². The van der Waals surface area contributed by atoms with Gasteiger partial charge in [0.25, 0.3) is 0 Å². The molecule has 1 unspecified atom stereocenters. The maximum absolute atomic E-state index is 3.68. The van der Waals surface area contributed by atoms with Gasteiger partial charge in [-0.3, -0.25) is 0 Å². The van der Waals surface area contributed by atoms with Crippen molar-refractivity contribution in [1.29, 1.82) is 0 Å². The van der Waals surface area contributed by atoms with Crippen LogP contribution in [0.3, 0.4) is 0 Å². The van der Waals surface area contributed by atoms with Crippen molar-refractivity contribution in [2.75, 3.05) is 7.05 Å². The third kappa shape index (κ3) is 2.68. The molecule has 1 atom stereocenters. The zero-order chi connectivity index (χ0) is 14.1. The summed E-state index contributed by atoms with van der Waals surface area (Å²) in [4.78, 5) is 0. The molecule has 0 spiro atoms. The molecule has 1 fully saturated rings. The maximum atomic E-state index is 3.68. The molecule has 0 bridgehead atoms. The van der Waals surface area contributed by atoms with E-state index in [4.69, 9.17) is 0 Å². The number of nitrogens with one attached hydrogen (secondary N) is 1. The Hall–Kier alpha value is -0.380. The van der Waals surface area contributed by atoms with Crippen molar-refractivity contribution in [3.05, 3.63) is 33.6 Å². The average Bonchev–Trinajstić information content (AvgIpc) is 2.87. The molecule has 3 rings (SSSR count). The first kappa shape index (κ1) is 14.6. The molecule has 108 valence electrons. The van der Waals surface area contributed by atoms with E-state index in [0.717, 1.165) is 11.8 Å². The molecule has 0 amide bonds. The van der Waals surface area contributed by atoms with Crippen LogP contribution < -0.4 is 5.32 Å². The van der Waals surface area contributed by atoms with Crippen LogP contribution in [0.4, 0.5) is 0 Å². The summed E-state index contributed by atoms with van der Waals surface area (Å²) in [6, 6.07) is 7.06. The second-order valence-corrected chi connectivity index (χ2v) is 7.83. The zero-order valence-corrected chi connectivity index (χ0v) is 14.6. The highest BCUT2D eigenvalue weighted by Crippen LogP contribution is 2.41. The minimum Gasteiger partial charge on any atom is -0.313 e. The normalized spacial score (nSPS) is 24.9. The molecule has 1 aliphatic rings. The lowest BCUT2D eigenvalue weighted by molar-refractivity contribution is 0.239. The van der Waals surface area contributed by atoms with Gasteiger partial charge < -0.3 is 5.32 Å². The molecular formula is C17H22BrNS. The number of halogens is 1. The first-order chi connectivity index (χ1) is 9.70.